The molecule has 2 heterocycles. The summed E-state index contributed by atoms with van der Waals surface area (Å²) in [6.45, 7) is 2.30. The molecule has 7 N–H and O–H groups in total. The molecule has 0 radical (unpaired) electrons. The first-order valence-corrected chi connectivity index (χ1v) is 21.4. The normalized spacial score (nSPS) is 28.4. The lowest BCUT2D eigenvalue weighted by molar-refractivity contribution is -0.332. The minimum absolute atomic E-state index is 0.0674. The van der Waals surface area contributed by atoms with Crippen molar-refractivity contribution in [2.45, 2.75) is 178 Å². The van der Waals surface area contributed by atoms with Crippen LogP contribution in [0.2, 0.25) is 0 Å². The number of aliphatic hydroxyl groups is 7. The maximum absolute atomic E-state index is 12.9. The molecule has 0 aromatic rings. The lowest BCUT2D eigenvalue weighted by Crippen LogP contribution is -2.61. The van der Waals surface area contributed by atoms with Crippen LogP contribution < -0.4 is 0 Å². The van der Waals surface area contributed by atoms with E-state index in [0.717, 1.165) is 25.7 Å². The Morgan fingerprint density at radius 2 is 1.07 bits per heavy atom. The highest BCUT2D eigenvalue weighted by Crippen LogP contribution is 2.26. The molecule has 0 amide bonds. The van der Waals surface area contributed by atoms with Crippen LogP contribution in [-0.4, -0.2) is 142 Å². The molecular formula is C44H72O15. The number of allylic oxidation sites excluding steroid dienone is 10. The number of unbranched alkanes of at least 4 members (excludes halogenated alkanes) is 10. The highest BCUT2D eigenvalue weighted by molar-refractivity contribution is 5.70. The van der Waals surface area contributed by atoms with Gasteiger partial charge in [-0.2, -0.15) is 0 Å². The zero-order valence-corrected chi connectivity index (χ0v) is 35.0. The van der Waals surface area contributed by atoms with Crippen LogP contribution in [0.25, 0.3) is 0 Å². The molecule has 2 aliphatic heterocycles. The molecule has 15 heteroatoms. The Balaban J connectivity index is 1.92. The molecule has 2 aliphatic rings. The summed E-state index contributed by atoms with van der Waals surface area (Å²) in [7, 11) is 0. The molecule has 0 saturated carbocycles. The molecule has 0 aromatic carbocycles. The van der Waals surface area contributed by atoms with Gasteiger partial charge in [0, 0.05) is 12.8 Å². The van der Waals surface area contributed by atoms with Gasteiger partial charge in [-0.05, 0) is 25.7 Å². The minimum atomic E-state index is -1.78. The number of hydrogen-bond donors (Lipinski definition) is 7. The van der Waals surface area contributed by atoms with E-state index in [-0.39, 0.29) is 19.4 Å². The van der Waals surface area contributed by atoms with E-state index in [1.54, 1.807) is 0 Å². The van der Waals surface area contributed by atoms with Crippen LogP contribution in [0.5, 0.6) is 0 Å². The monoisotopic (exact) mass is 840 g/mol. The second-order valence-electron chi connectivity index (χ2n) is 14.9. The van der Waals surface area contributed by atoms with Gasteiger partial charge in [-0.25, -0.2) is 0 Å². The molecule has 5 unspecified atom stereocenters. The van der Waals surface area contributed by atoms with Crippen molar-refractivity contribution in [3.05, 3.63) is 60.8 Å². The van der Waals surface area contributed by atoms with E-state index in [2.05, 4.69) is 19.9 Å². The Morgan fingerprint density at radius 3 is 1.66 bits per heavy atom. The van der Waals surface area contributed by atoms with E-state index in [1.807, 2.05) is 54.7 Å². The van der Waals surface area contributed by atoms with Gasteiger partial charge in [0.2, 0.25) is 0 Å². The van der Waals surface area contributed by atoms with Gasteiger partial charge < -0.3 is 64.2 Å². The van der Waals surface area contributed by atoms with Crippen molar-refractivity contribution in [3.8, 4) is 0 Å². The smallest absolute Gasteiger partial charge is 0.306 e. The second-order valence-corrected chi connectivity index (χ2v) is 14.9. The second kappa shape index (κ2) is 32.0. The van der Waals surface area contributed by atoms with Crippen LogP contribution in [0.3, 0.4) is 0 Å². The number of hydrogen-bond acceptors (Lipinski definition) is 15. The van der Waals surface area contributed by atoms with Gasteiger partial charge in [0.1, 0.15) is 55.4 Å². The highest BCUT2D eigenvalue weighted by atomic mass is 16.7. The van der Waals surface area contributed by atoms with Crippen molar-refractivity contribution < 1.29 is 73.8 Å². The average molecular weight is 841 g/mol. The quantitative estimate of drug-likeness (QED) is 0.0310. The zero-order valence-electron chi connectivity index (χ0n) is 35.0. The molecule has 0 spiro atoms. The van der Waals surface area contributed by atoms with Crippen molar-refractivity contribution in [1.82, 2.24) is 0 Å². The molecule has 59 heavy (non-hydrogen) atoms. The summed E-state index contributed by atoms with van der Waals surface area (Å²) in [5, 5.41) is 71.7. The van der Waals surface area contributed by atoms with Gasteiger partial charge in [0.15, 0.2) is 18.7 Å². The number of esters is 2. The fourth-order valence-corrected chi connectivity index (χ4v) is 6.30. The molecule has 15 nitrogen and oxygen atoms in total. The largest absolute Gasteiger partial charge is 0.462 e. The van der Waals surface area contributed by atoms with Gasteiger partial charge in [-0.3, -0.25) is 9.59 Å². The standard InChI is InChI=1S/C44H72O15/c1-3-5-7-9-11-13-15-16-17-19-21-23-25-27-36(47)57-32(29-54-35(46)26-24-22-20-18-14-12-10-8-6-4-2)30-55-43-42(53)40(51)38(49)34(59-43)31-56-44-41(52)39(50)37(48)33(28-45)58-44/h5,7,9,11,13,15-17,19,21,32-34,37-45,48-53H,3-4,6,8,10,12,14,18,20,22-31H2,1-2H3/b7-5+,11-9+,15-13+,17-16+,21-19+/t32?,33-,34-,37+,38+,39?,40?,41?,42?,43-,44-/m1/s1. The third-order valence-electron chi connectivity index (χ3n) is 9.89. The Bertz CT molecular complexity index is 1270. The Hall–Kier alpha value is -2.80. The summed E-state index contributed by atoms with van der Waals surface area (Å²) in [5.74, 6) is -1.02. The van der Waals surface area contributed by atoms with Crippen LogP contribution in [0.1, 0.15) is 110 Å². The van der Waals surface area contributed by atoms with E-state index >= 15 is 0 Å². The van der Waals surface area contributed by atoms with Crippen molar-refractivity contribution in [2.75, 3.05) is 26.4 Å². The summed E-state index contributed by atoms with van der Waals surface area (Å²) in [4.78, 5) is 25.5. The maximum Gasteiger partial charge on any atom is 0.306 e. The zero-order chi connectivity index (χ0) is 43.3. The van der Waals surface area contributed by atoms with Crippen LogP contribution in [0.15, 0.2) is 60.8 Å². The topological polar surface area (TPSA) is 231 Å². The highest BCUT2D eigenvalue weighted by Gasteiger charge is 2.47. The lowest BCUT2D eigenvalue weighted by Gasteiger charge is -2.42. The minimum Gasteiger partial charge on any atom is -0.462 e. The van der Waals surface area contributed by atoms with Gasteiger partial charge in [0.25, 0.3) is 0 Å². The van der Waals surface area contributed by atoms with Gasteiger partial charge in [-0.15, -0.1) is 0 Å². The predicted octanol–water partition coefficient (Wildman–Crippen LogP) is 3.75. The van der Waals surface area contributed by atoms with Gasteiger partial charge >= 0.3 is 11.9 Å². The molecule has 2 rings (SSSR count). The van der Waals surface area contributed by atoms with Crippen LogP contribution in [0, 0.1) is 0 Å². The number of ether oxygens (including phenoxy) is 6. The number of aliphatic hydroxyl groups excluding tert-OH is 7. The molecule has 0 aromatic heterocycles. The fraction of sp³-hybridized carbons (Fsp3) is 0.727. The molecule has 0 bridgehead atoms. The molecule has 338 valence electrons. The van der Waals surface area contributed by atoms with Crippen LogP contribution in [-0.2, 0) is 38.0 Å². The average Bonchev–Trinajstić information content (AvgIpc) is 3.23. The Morgan fingerprint density at radius 1 is 0.559 bits per heavy atom. The van der Waals surface area contributed by atoms with E-state index < -0.39 is 99.3 Å². The van der Waals surface area contributed by atoms with Crippen molar-refractivity contribution in [3.63, 3.8) is 0 Å². The van der Waals surface area contributed by atoms with Crippen LogP contribution in [0.4, 0.5) is 0 Å². The van der Waals surface area contributed by atoms with Crippen molar-refractivity contribution in [1.29, 1.82) is 0 Å². The number of rotatable bonds is 30. The summed E-state index contributed by atoms with van der Waals surface area (Å²) in [6.07, 6.45) is 15.8. The molecule has 11 atom stereocenters. The Labute approximate surface area is 350 Å². The van der Waals surface area contributed by atoms with Gasteiger partial charge in [0.05, 0.1) is 19.8 Å². The van der Waals surface area contributed by atoms with E-state index in [4.69, 9.17) is 28.4 Å². The summed E-state index contributed by atoms with van der Waals surface area (Å²) >= 11 is 0. The first-order valence-electron chi connectivity index (χ1n) is 21.4. The third-order valence-corrected chi connectivity index (χ3v) is 9.89. The Kier molecular flexibility index (Phi) is 28.4. The first-order chi connectivity index (χ1) is 28.5. The maximum atomic E-state index is 12.9. The number of carbonyl (C=O) groups excluding carboxylic acids is 2. The first kappa shape index (κ1) is 52.3. The predicted molar refractivity (Wildman–Crippen MR) is 219 cm³/mol. The molecule has 2 saturated heterocycles. The third kappa shape index (κ3) is 21.5. The van der Waals surface area contributed by atoms with E-state index in [1.165, 1.54) is 38.5 Å². The molecular weight excluding hydrogens is 768 g/mol. The van der Waals surface area contributed by atoms with Crippen LogP contribution >= 0.6 is 0 Å². The fourth-order valence-electron chi connectivity index (χ4n) is 6.30. The summed E-state index contributed by atoms with van der Waals surface area (Å²) < 4.78 is 33.3. The van der Waals surface area contributed by atoms with E-state index in [9.17, 15) is 45.3 Å². The lowest BCUT2D eigenvalue weighted by atomic mass is 9.98. The summed E-state index contributed by atoms with van der Waals surface area (Å²) in [5.41, 5.74) is 0. The summed E-state index contributed by atoms with van der Waals surface area (Å²) in [6, 6.07) is 0. The van der Waals surface area contributed by atoms with Gasteiger partial charge in [-0.1, -0.05) is 132 Å². The van der Waals surface area contributed by atoms with E-state index in [0.29, 0.717) is 19.3 Å². The SMILES string of the molecule is CC/C=C/C=C/C=C/C=C/C=C/CCCC(=O)OC(COC(=O)CCCCCCCCCCCC)CO[C@@H]1O[C@H](CO[C@@H]2O[C@H](CO)[C@H](O)C(O)C2O)[C@H](O)C(O)C1O. The molecule has 0 aliphatic carbocycles. The number of carbonyl (C=O) groups is 2. The van der Waals surface area contributed by atoms with Crippen molar-refractivity contribution in [2.24, 2.45) is 0 Å². The molecule has 2 fully saturated rings. The van der Waals surface area contributed by atoms with Crippen molar-refractivity contribution >= 4 is 11.9 Å².